The third-order valence-electron chi connectivity index (χ3n) is 2.21. The van der Waals surface area contributed by atoms with E-state index >= 15 is 0 Å². The molecule has 0 aromatic heterocycles. The van der Waals surface area contributed by atoms with Gasteiger partial charge in [0.1, 0.15) is 22.2 Å². The monoisotopic (exact) mass is 305 g/mol. The fourth-order valence-electron chi connectivity index (χ4n) is 1.27. The fraction of sp³-hybridized carbons (Fsp3) is 0.500. The highest BCUT2D eigenvalue weighted by atomic mass is 32.2. The Morgan fingerprint density at radius 2 is 2.21 bits per heavy atom. The Morgan fingerprint density at radius 3 is 2.84 bits per heavy atom. The molecular weight excluding hydrogens is 286 g/mol. The first-order chi connectivity index (χ1) is 8.87. The van der Waals surface area contributed by atoms with Crippen LogP contribution in [0.3, 0.4) is 0 Å². The Labute approximate surface area is 118 Å². The molecule has 0 radical (unpaired) electrons. The third-order valence-corrected chi connectivity index (χ3v) is 4.53. The van der Waals surface area contributed by atoms with Crippen molar-refractivity contribution in [2.45, 2.75) is 6.10 Å². The average molecular weight is 305 g/mol. The lowest BCUT2D eigenvalue weighted by Crippen LogP contribution is -2.21. The molecule has 7 heteroatoms. The topological polar surface area (TPSA) is 89.6 Å². The Hall–Kier alpha value is -0.920. The number of sulfone groups is 1. The van der Waals surface area contributed by atoms with Crippen LogP contribution in [0.4, 0.5) is 5.69 Å². The molecule has 0 aliphatic heterocycles. The van der Waals surface area contributed by atoms with Gasteiger partial charge in [0.25, 0.3) is 0 Å². The summed E-state index contributed by atoms with van der Waals surface area (Å²) in [7, 11) is -2.93. The summed E-state index contributed by atoms with van der Waals surface area (Å²) in [5.41, 5.74) is 6.21. The highest BCUT2D eigenvalue weighted by molar-refractivity contribution is 8.00. The van der Waals surface area contributed by atoms with Gasteiger partial charge in [-0.1, -0.05) is 6.07 Å². The van der Waals surface area contributed by atoms with Crippen LogP contribution < -0.4 is 10.5 Å². The SMILES string of the molecule is CS(=O)(=O)CCSCC(O)COc1cccc(N)c1. The molecule has 1 unspecified atom stereocenters. The molecule has 1 aromatic carbocycles. The Bertz CT molecular complexity index is 490. The molecule has 0 aliphatic rings. The minimum absolute atomic E-state index is 0.125. The molecule has 0 aliphatic carbocycles. The third kappa shape index (κ3) is 7.97. The molecule has 0 saturated heterocycles. The summed E-state index contributed by atoms with van der Waals surface area (Å²) in [6.07, 6.45) is 0.568. The van der Waals surface area contributed by atoms with Crippen molar-refractivity contribution < 1.29 is 18.3 Å². The molecule has 3 N–H and O–H groups in total. The summed E-state index contributed by atoms with van der Waals surface area (Å²) in [5, 5.41) is 9.68. The minimum atomic E-state index is -2.93. The second-order valence-electron chi connectivity index (χ2n) is 4.24. The molecule has 0 heterocycles. The Balaban J connectivity index is 2.19. The van der Waals surface area contributed by atoms with E-state index in [2.05, 4.69) is 0 Å². The number of aliphatic hydroxyl groups is 1. The molecule has 0 saturated carbocycles. The summed E-state index contributed by atoms with van der Waals surface area (Å²) in [6.45, 7) is 0.162. The maximum absolute atomic E-state index is 10.9. The highest BCUT2D eigenvalue weighted by Crippen LogP contribution is 2.15. The van der Waals surface area contributed by atoms with Gasteiger partial charge in [-0.15, -0.1) is 0 Å². The van der Waals surface area contributed by atoms with Gasteiger partial charge in [-0.25, -0.2) is 8.42 Å². The van der Waals surface area contributed by atoms with E-state index in [4.69, 9.17) is 10.5 Å². The summed E-state index contributed by atoms with van der Waals surface area (Å²) >= 11 is 1.39. The number of benzene rings is 1. The lowest BCUT2D eigenvalue weighted by atomic mass is 10.3. The van der Waals surface area contributed by atoms with E-state index in [1.807, 2.05) is 0 Å². The van der Waals surface area contributed by atoms with Crippen molar-refractivity contribution in [3.8, 4) is 5.75 Å². The van der Waals surface area contributed by atoms with Gasteiger partial charge < -0.3 is 15.6 Å². The number of nitrogen functional groups attached to an aromatic ring is 1. The molecule has 0 bridgehead atoms. The van der Waals surface area contributed by atoms with E-state index in [-0.39, 0.29) is 12.4 Å². The van der Waals surface area contributed by atoms with Crippen LogP contribution in [-0.2, 0) is 9.84 Å². The maximum Gasteiger partial charge on any atom is 0.148 e. The van der Waals surface area contributed by atoms with Crippen LogP contribution in [0, 0.1) is 0 Å². The first-order valence-corrected chi connectivity index (χ1v) is 9.00. The molecule has 1 rings (SSSR count). The van der Waals surface area contributed by atoms with Crippen LogP contribution in [0.1, 0.15) is 0 Å². The van der Waals surface area contributed by atoms with Crippen LogP contribution in [0.5, 0.6) is 5.75 Å². The molecule has 19 heavy (non-hydrogen) atoms. The maximum atomic E-state index is 10.9. The van der Waals surface area contributed by atoms with Gasteiger partial charge >= 0.3 is 0 Å². The Morgan fingerprint density at radius 1 is 1.47 bits per heavy atom. The molecule has 0 amide bonds. The number of hydrogen-bond donors (Lipinski definition) is 2. The second kappa shape index (κ2) is 7.62. The van der Waals surface area contributed by atoms with Gasteiger partial charge in [0, 0.05) is 29.5 Å². The smallest absolute Gasteiger partial charge is 0.148 e. The van der Waals surface area contributed by atoms with E-state index < -0.39 is 15.9 Å². The van der Waals surface area contributed by atoms with E-state index in [1.54, 1.807) is 24.3 Å². The normalized spacial score (nSPS) is 13.2. The Kier molecular flexibility index (Phi) is 6.47. The van der Waals surface area contributed by atoms with E-state index in [0.717, 1.165) is 0 Å². The van der Waals surface area contributed by atoms with Gasteiger partial charge in [-0.05, 0) is 12.1 Å². The van der Waals surface area contributed by atoms with Crippen LogP contribution in [0.25, 0.3) is 0 Å². The standard InChI is InChI=1S/C12H19NO4S2/c1-19(15,16)6-5-18-9-11(14)8-17-12-4-2-3-10(13)7-12/h2-4,7,11,14H,5-6,8-9,13H2,1H3. The molecular formula is C12H19NO4S2. The number of rotatable bonds is 8. The minimum Gasteiger partial charge on any atom is -0.491 e. The van der Waals surface area contributed by atoms with Crippen molar-refractivity contribution in [3.63, 3.8) is 0 Å². The number of hydrogen-bond acceptors (Lipinski definition) is 6. The highest BCUT2D eigenvalue weighted by Gasteiger charge is 2.07. The zero-order chi connectivity index (χ0) is 14.3. The number of ether oxygens (including phenoxy) is 1. The average Bonchev–Trinajstić information content (AvgIpc) is 2.31. The van der Waals surface area contributed by atoms with Crippen molar-refractivity contribution in [2.75, 3.05) is 35.9 Å². The summed E-state index contributed by atoms with van der Waals surface area (Å²) in [5.74, 6) is 1.66. The van der Waals surface area contributed by atoms with Crippen LogP contribution in [-0.4, -0.2) is 49.7 Å². The molecule has 0 fully saturated rings. The first-order valence-electron chi connectivity index (χ1n) is 5.79. The lowest BCUT2D eigenvalue weighted by molar-refractivity contribution is 0.126. The van der Waals surface area contributed by atoms with Crippen molar-refractivity contribution >= 4 is 27.3 Å². The number of nitrogens with two attached hydrogens (primary N) is 1. The lowest BCUT2D eigenvalue weighted by Gasteiger charge is -2.12. The van der Waals surface area contributed by atoms with Crippen molar-refractivity contribution in [2.24, 2.45) is 0 Å². The molecule has 0 spiro atoms. The molecule has 1 aromatic rings. The van der Waals surface area contributed by atoms with Gasteiger partial charge in [0.15, 0.2) is 0 Å². The van der Waals surface area contributed by atoms with Gasteiger partial charge in [-0.3, -0.25) is 0 Å². The number of thioether (sulfide) groups is 1. The summed E-state index contributed by atoms with van der Waals surface area (Å²) in [4.78, 5) is 0. The van der Waals surface area contributed by atoms with Gasteiger partial charge in [0.05, 0.1) is 11.9 Å². The first kappa shape index (κ1) is 16.1. The van der Waals surface area contributed by atoms with Crippen LogP contribution in [0.2, 0.25) is 0 Å². The predicted molar refractivity (Wildman–Crippen MR) is 79.4 cm³/mol. The summed E-state index contributed by atoms with van der Waals surface area (Å²) < 4.78 is 27.2. The summed E-state index contributed by atoms with van der Waals surface area (Å²) in [6, 6.07) is 6.98. The molecule has 1 atom stereocenters. The molecule has 108 valence electrons. The second-order valence-corrected chi connectivity index (χ2v) is 7.65. The number of anilines is 1. The molecule has 5 nitrogen and oxygen atoms in total. The van der Waals surface area contributed by atoms with Gasteiger partial charge in [0.2, 0.25) is 0 Å². The number of aliphatic hydroxyl groups excluding tert-OH is 1. The van der Waals surface area contributed by atoms with E-state index in [1.165, 1.54) is 18.0 Å². The zero-order valence-electron chi connectivity index (χ0n) is 10.8. The van der Waals surface area contributed by atoms with Crippen LogP contribution in [0.15, 0.2) is 24.3 Å². The van der Waals surface area contributed by atoms with Crippen molar-refractivity contribution in [1.82, 2.24) is 0 Å². The van der Waals surface area contributed by atoms with Crippen LogP contribution >= 0.6 is 11.8 Å². The van der Waals surface area contributed by atoms with E-state index in [0.29, 0.717) is 22.9 Å². The fourth-order valence-corrected chi connectivity index (χ4v) is 3.49. The predicted octanol–water partition coefficient (Wildman–Crippen LogP) is 0.786. The quantitative estimate of drug-likeness (QED) is 0.545. The zero-order valence-corrected chi connectivity index (χ0v) is 12.4. The van der Waals surface area contributed by atoms with E-state index in [9.17, 15) is 13.5 Å². The largest absolute Gasteiger partial charge is 0.491 e. The van der Waals surface area contributed by atoms with Crippen molar-refractivity contribution in [3.05, 3.63) is 24.3 Å². The van der Waals surface area contributed by atoms with Gasteiger partial charge in [-0.2, -0.15) is 11.8 Å². The van der Waals surface area contributed by atoms with Crippen molar-refractivity contribution in [1.29, 1.82) is 0 Å².